The molecule has 2 N–H and O–H groups in total. The molecule has 1 aromatic carbocycles. The lowest BCUT2D eigenvalue weighted by Gasteiger charge is -2.03. The molecule has 0 unspecified atom stereocenters. The number of aromatic nitrogens is 1. The minimum Gasteiger partial charge on any atom is -0.497 e. The molecule has 1 aromatic heterocycles. The number of aryl methyl sites for hydroxylation is 1. The number of halogens is 1. The molecule has 4 heteroatoms. The Kier molecular flexibility index (Phi) is 3.33. The van der Waals surface area contributed by atoms with Gasteiger partial charge in [-0.1, -0.05) is 0 Å². The average molecular weight is 236 g/mol. The first-order chi connectivity index (χ1) is 8.17. The quantitative estimate of drug-likeness (QED) is 0.855. The monoisotopic (exact) mass is 236 g/mol. The number of aromatic amines is 1. The fraction of sp³-hybridized carbons (Fsp3) is 0.385. The van der Waals surface area contributed by atoms with Gasteiger partial charge in [-0.15, -0.1) is 0 Å². The van der Waals surface area contributed by atoms with E-state index in [1.54, 1.807) is 7.11 Å². The van der Waals surface area contributed by atoms with Gasteiger partial charge in [-0.2, -0.15) is 0 Å². The Bertz CT molecular complexity index is 534. The highest BCUT2D eigenvalue weighted by Gasteiger charge is 2.13. The van der Waals surface area contributed by atoms with Gasteiger partial charge in [-0.3, -0.25) is 0 Å². The van der Waals surface area contributed by atoms with Crippen molar-refractivity contribution in [2.45, 2.75) is 13.3 Å². The summed E-state index contributed by atoms with van der Waals surface area (Å²) in [7, 11) is 3.46. The summed E-state index contributed by atoms with van der Waals surface area (Å²) < 4.78 is 18.9. The van der Waals surface area contributed by atoms with Crippen LogP contribution in [-0.2, 0) is 6.42 Å². The molecule has 0 atom stereocenters. The van der Waals surface area contributed by atoms with Crippen LogP contribution in [0, 0.1) is 12.7 Å². The number of hydrogen-bond donors (Lipinski definition) is 2. The van der Waals surface area contributed by atoms with E-state index in [1.807, 2.05) is 20.0 Å². The molecule has 92 valence electrons. The maximum absolute atomic E-state index is 13.8. The van der Waals surface area contributed by atoms with Crippen molar-refractivity contribution >= 4 is 10.9 Å². The molecule has 1 heterocycles. The third kappa shape index (κ3) is 2.13. The molecule has 0 saturated carbocycles. The van der Waals surface area contributed by atoms with E-state index < -0.39 is 0 Å². The van der Waals surface area contributed by atoms with Crippen LogP contribution in [-0.4, -0.2) is 25.7 Å². The molecule has 0 saturated heterocycles. The Hall–Kier alpha value is -1.55. The lowest BCUT2D eigenvalue weighted by molar-refractivity contribution is 0.412. The predicted molar refractivity (Wildman–Crippen MR) is 67.2 cm³/mol. The van der Waals surface area contributed by atoms with Crippen LogP contribution in [0.5, 0.6) is 5.75 Å². The third-order valence-corrected chi connectivity index (χ3v) is 3.01. The van der Waals surface area contributed by atoms with Gasteiger partial charge in [0.25, 0.3) is 0 Å². The van der Waals surface area contributed by atoms with Gasteiger partial charge < -0.3 is 15.0 Å². The Morgan fingerprint density at radius 1 is 1.41 bits per heavy atom. The molecule has 0 amide bonds. The van der Waals surface area contributed by atoms with Gasteiger partial charge in [0.15, 0.2) is 5.82 Å². The van der Waals surface area contributed by atoms with Gasteiger partial charge in [0.2, 0.25) is 0 Å². The van der Waals surface area contributed by atoms with Crippen LogP contribution >= 0.6 is 0 Å². The number of likely N-dealkylation sites (N-methyl/N-ethyl adjacent to an activating group) is 1. The standard InChI is InChI=1S/C13H17FN2O/c1-8-10(4-5-15-2)11-6-9(17-3)7-12(14)13(11)16-8/h6-7,15-16H,4-5H2,1-3H3. The van der Waals surface area contributed by atoms with E-state index in [0.717, 1.165) is 29.6 Å². The second-order valence-electron chi connectivity index (χ2n) is 4.11. The summed E-state index contributed by atoms with van der Waals surface area (Å²) in [4.78, 5) is 3.10. The van der Waals surface area contributed by atoms with Crippen LogP contribution < -0.4 is 10.1 Å². The van der Waals surface area contributed by atoms with E-state index in [2.05, 4.69) is 10.3 Å². The molecule has 0 bridgehead atoms. The Balaban J connectivity index is 2.57. The first-order valence-electron chi connectivity index (χ1n) is 5.66. The number of methoxy groups -OCH3 is 1. The zero-order chi connectivity index (χ0) is 12.4. The van der Waals surface area contributed by atoms with Crippen LogP contribution in [0.3, 0.4) is 0 Å². The molecule has 0 aliphatic rings. The van der Waals surface area contributed by atoms with Crippen LogP contribution in [0.25, 0.3) is 10.9 Å². The molecule has 17 heavy (non-hydrogen) atoms. The van der Waals surface area contributed by atoms with E-state index in [-0.39, 0.29) is 5.82 Å². The van der Waals surface area contributed by atoms with Crippen molar-refractivity contribution in [2.24, 2.45) is 0 Å². The molecule has 2 aromatic rings. The van der Waals surface area contributed by atoms with E-state index >= 15 is 0 Å². The highest BCUT2D eigenvalue weighted by Crippen LogP contribution is 2.29. The minimum absolute atomic E-state index is 0.266. The highest BCUT2D eigenvalue weighted by molar-refractivity contribution is 5.86. The summed E-state index contributed by atoms with van der Waals surface area (Å²) in [6.45, 7) is 2.84. The first-order valence-corrected chi connectivity index (χ1v) is 5.66. The lowest BCUT2D eigenvalue weighted by atomic mass is 10.1. The fourth-order valence-electron chi connectivity index (χ4n) is 2.10. The molecule has 0 radical (unpaired) electrons. The van der Waals surface area contributed by atoms with E-state index in [0.29, 0.717) is 11.3 Å². The smallest absolute Gasteiger partial charge is 0.150 e. The lowest BCUT2D eigenvalue weighted by Crippen LogP contribution is -2.10. The second-order valence-corrected chi connectivity index (χ2v) is 4.11. The van der Waals surface area contributed by atoms with E-state index in [1.165, 1.54) is 6.07 Å². The summed E-state index contributed by atoms with van der Waals surface area (Å²) in [6.07, 6.45) is 0.870. The number of H-pyrrole nitrogens is 1. The van der Waals surface area contributed by atoms with Crippen molar-refractivity contribution in [2.75, 3.05) is 20.7 Å². The molecule has 0 aliphatic heterocycles. The number of ether oxygens (including phenoxy) is 1. The van der Waals surface area contributed by atoms with Crippen molar-refractivity contribution in [3.05, 3.63) is 29.2 Å². The Morgan fingerprint density at radius 2 is 2.18 bits per heavy atom. The van der Waals surface area contributed by atoms with E-state index in [4.69, 9.17) is 4.74 Å². The number of benzene rings is 1. The number of nitrogens with one attached hydrogen (secondary N) is 2. The van der Waals surface area contributed by atoms with E-state index in [9.17, 15) is 4.39 Å². The number of fused-ring (bicyclic) bond motifs is 1. The highest BCUT2D eigenvalue weighted by atomic mass is 19.1. The van der Waals surface area contributed by atoms with Crippen LogP contribution in [0.15, 0.2) is 12.1 Å². The Labute approximate surface area is 100.0 Å². The largest absolute Gasteiger partial charge is 0.497 e. The van der Waals surface area contributed by atoms with Crippen molar-refractivity contribution in [1.82, 2.24) is 10.3 Å². The molecule has 0 spiro atoms. The molecule has 0 aliphatic carbocycles. The average Bonchev–Trinajstić information content (AvgIpc) is 2.63. The van der Waals surface area contributed by atoms with Gasteiger partial charge in [-0.05, 0) is 38.6 Å². The van der Waals surface area contributed by atoms with Gasteiger partial charge >= 0.3 is 0 Å². The van der Waals surface area contributed by atoms with Gasteiger partial charge in [0, 0.05) is 17.1 Å². The summed E-state index contributed by atoms with van der Waals surface area (Å²) in [5.41, 5.74) is 2.73. The first kappa shape index (κ1) is 11.9. The van der Waals surface area contributed by atoms with Gasteiger partial charge in [0.1, 0.15) is 5.75 Å². The van der Waals surface area contributed by atoms with Gasteiger partial charge in [0.05, 0.1) is 12.6 Å². The topological polar surface area (TPSA) is 37.0 Å². The van der Waals surface area contributed by atoms with Crippen LogP contribution in [0.2, 0.25) is 0 Å². The normalized spacial score (nSPS) is 11.1. The SMILES string of the molecule is CNCCc1c(C)[nH]c2c(F)cc(OC)cc12. The van der Waals surface area contributed by atoms with Crippen LogP contribution in [0.1, 0.15) is 11.3 Å². The minimum atomic E-state index is -0.266. The van der Waals surface area contributed by atoms with Crippen LogP contribution in [0.4, 0.5) is 4.39 Å². The number of rotatable bonds is 4. The summed E-state index contributed by atoms with van der Waals surface area (Å²) >= 11 is 0. The molecular weight excluding hydrogens is 219 g/mol. The van der Waals surface area contributed by atoms with Crippen molar-refractivity contribution in [1.29, 1.82) is 0 Å². The summed E-state index contributed by atoms with van der Waals surface area (Å²) in [5.74, 6) is 0.290. The van der Waals surface area contributed by atoms with Crippen molar-refractivity contribution < 1.29 is 9.13 Å². The van der Waals surface area contributed by atoms with Gasteiger partial charge in [-0.25, -0.2) is 4.39 Å². The second kappa shape index (κ2) is 4.75. The predicted octanol–water partition coefficient (Wildman–Crippen LogP) is 2.39. The maximum Gasteiger partial charge on any atom is 0.150 e. The van der Waals surface area contributed by atoms with Crippen molar-refractivity contribution in [3.63, 3.8) is 0 Å². The molecular formula is C13H17FN2O. The fourth-order valence-corrected chi connectivity index (χ4v) is 2.10. The molecule has 0 fully saturated rings. The zero-order valence-electron chi connectivity index (χ0n) is 10.4. The zero-order valence-corrected chi connectivity index (χ0v) is 10.4. The molecule has 3 nitrogen and oxygen atoms in total. The molecule has 2 rings (SSSR count). The number of hydrogen-bond acceptors (Lipinski definition) is 2. The summed E-state index contributed by atoms with van der Waals surface area (Å²) in [6, 6.07) is 3.28. The third-order valence-electron chi connectivity index (χ3n) is 3.01. The Morgan fingerprint density at radius 3 is 2.82 bits per heavy atom. The maximum atomic E-state index is 13.8. The van der Waals surface area contributed by atoms with Crippen molar-refractivity contribution in [3.8, 4) is 5.75 Å². The summed E-state index contributed by atoms with van der Waals surface area (Å²) in [5, 5.41) is 4.01.